The summed E-state index contributed by atoms with van der Waals surface area (Å²) in [6, 6.07) is 0. The molecule has 0 aliphatic carbocycles. The lowest BCUT2D eigenvalue weighted by Crippen LogP contribution is -2.46. The standard InChI is InChI=1S/C19H37N5O2.HI/c1-3-21-19(22-8-4-5-9-23-12-14-26-15-13-23)24-10-6-17(7-11-24)16-18(25)20-2;/h17H,3-16H2,1-2H3,(H,20,25)(H,21,22);1H. The lowest BCUT2D eigenvalue weighted by atomic mass is 9.93. The quantitative estimate of drug-likeness (QED) is 0.232. The van der Waals surface area contributed by atoms with Crippen LogP contribution < -0.4 is 10.6 Å². The minimum atomic E-state index is 0. The lowest BCUT2D eigenvalue weighted by Gasteiger charge is -2.34. The van der Waals surface area contributed by atoms with Crippen LogP contribution in [0.25, 0.3) is 0 Å². The Morgan fingerprint density at radius 2 is 1.85 bits per heavy atom. The first-order valence-electron chi connectivity index (χ1n) is 10.3. The van der Waals surface area contributed by atoms with Gasteiger partial charge in [0.15, 0.2) is 5.96 Å². The number of rotatable bonds is 8. The first-order chi connectivity index (χ1) is 12.7. The van der Waals surface area contributed by atoms with E-state index in [1.807, 2.05) is 0 Å². The number of morpholine rings is 1. The number of carbonyl (C=O) groups is 1. The summed E-state index contributed by atoms with van der Waals surface area (Å²) in [7, 11) is 1.71. The Kier molecular flexibility index (Phi) is 13.0. The van der Waals surface area contributed by atoms with Crippen LogP contribution in [0, 0.1) is 5.92 Å². The van der Waals surface area contributed by atoms with E-state index in [2.05, 4.69) is 27.4 Å². The van der Waals surface area contributed by atoms with Gasteiger partial charge in [0.2, 0.25) is 5.91 Å². The molecule has 27 heavy (non-hydrogen) atoms. The van der Waals surface area contributed by atoms with Gasteiger partial charge in [-0.05, 0) is 45.1 Å². The van der Waals surface area contributed by atoms with Gasteiger partial charge in [-0.25, -0.2) is 0 Å². The summed E-state index contributed by atoms with van der Waals surface area (Å²) < 4.78 is 5.39. The molecule has 0 atom stereocenters. The number of guanidine groups is 1. The Morgan fingerprint density at radius 3 is 2.48 bits per heavy atom. The third kappa shape index (κ3) is 9.43. The minimum absolute atomic E-state index is 0. The number of unbranched alkanes of at least 4 members (excludes halogenated alkanes) is 1. The summed E-state index contributed by atoms with van der Waals surface area (Å²) in [6.07, 6.45) is 5.10. The van der Waals surface area contributed by atoms with E-state index in [1.165, 1.54) is 6.42 Å². The SMILES string of the molecule is CCNC(=NCCCCN1CCOCC1)N1CCC(CC(=O)NC)CC1.I. The van der Waals surface area contributed by atoms with Crippen molar-refractivity contribution in [3.63, 3.8) is 0 Å². The number of likely N-dealkylation sites (tertiary alicyclic amines) is 1. The molecule has 0 aromatic carbocycles. The van der Waals surface area contributed by atoms with Gasteiger partial charge in [0.1, 0.15) is 0 Å². The average molecular weight is 495 g/mol. The molecular formula is C19H38IN5O2. The van der Waals surface area contributed by atoms with Gasteiger partial charge in [0.05, 0.1) is 13.2 Å². The van der Waals surface area contributed by atoms with Crippen LogP contribution in [0.15, 0.2) is 4.99 Å². The van der Waals surface area contributed by atoms with Crippen molar-refractivity contribution in [2.24, 2.45) is 10.9 Å². The van der Waals surface area contributed by atoms with Crippen LogP contribution in [0.4, 0.5) is 0 Å². The fraction of sp³-hybridized carbons (Fsp3) is 0.895. The average Bonchev–Trinajstić information content (AvgIpc) is 2.68. The van der Waals surface area contributed by atoms with E-state index in [9.17, 15) is 4.79 Å². The smallest absolute Gasteiger partial charge is 0.220 e. The summed E-state index contributed by atoms with van der Waals surface area (Å²) in [6.45, 7) is 10.9. The van der Waals surface area contributed by atoms with Gasteiger partial charge in [-0.2, -0.15) is 0 Å². The molecule has 8 heteroatoms. The molecular weight excluding hydrogens is 457 g/mol. The molecule has 2 aliphatic heterocycles. The molecule has 1 amide bonds. The maximum atomic E-state index is 11.5. The van der Waals surface area contributed by atoms with Gasteiger partial charge in [-0.15, -0.1) is 24.0 Å². The number of hydrogen-bond donors (Lipinski definition) is 2. The number of hydrogen-bond acceptors (Lipinski definition) is 4. The van der Waals surface area contributed by atoms with Crippen LogP contribution in [-0.4, -0.2) is 87.7 Å². The van der Waals surface area contributed by atoms with E-state index >= 15 is 0 Å². The molecule has 0 aromatic heterocycles. The number of nitrogens with zero attached hydrogens (tertiary/aromatic N) is 3. The number of ether oxygens (including phenoxy) is 1. The molecule has 7 nitrogen and oxygen atoms in total. The lowest BCUT2D eigenvalue weighted by molar-refractivity contribution is -0.121. The van der Waals surface area contributed by atoms with E-state index < -0.39 is 0 Å². The predicted molar refractivity (Wildman–Crippen MR) is 121 cm³/mol. The molecule has 2 aliphatic rings. The summed E-state index contributed by atoms with van der Waals surface area (Å²) in [5.74, 6) is 1.70. The maximum absolute atomic E-state index is 11.5. The first kappa shape index (κ1) is 24.4. The maximum Gasteiger partial charge on any atom is 0.220 e. The second-order valence-electron chi connectivity index (χ2n) is 7.20. The Labute approximate surface area is 181 Å². The highest BCUT2D eigenvalue weighted by molar-refractivity contribution is 14.0. The van der Waals surface area contributed by atoms with E-state index in [0.717, 1.165) is 84.2 Å². The molecule has 2 heterocycles. The summed E-state index contributed by atoms with van der Waals surface area (Å²) in [4.78, 5) is 21.2. The normalized spacial score (nSPS) is 19.5. The number of piperidine rings is 1. The van der Waals surface area contributed by atoms with Gasteiger partial charge in [-0.3, -0.25) is 14.7 Å². The van der Waals surface area contributed by atoms with Gasteiger partial charge < -0.3 is 20.3 Å². The van der Waals surface area contributed by atoms with Crippen molar-refractivity contribution in [2.75, 3.05) is 66.1 Å². The summed E-state index contributed by atoms with van der Waals surface area (Å²) in [5, 5.41) is 6.16. The number of halogens is 1. The van der Waals surface area contributed by atoms with Crippen molar-refractivity contribution < 1.29 is 9.53 Å². The molecule has 0 radical (unpaired) electrons. The fourth-order valence-corrected chi connectivity index (χ4v) is 3.60. The van der Waals surface area contributed by atoms with E-state index in [0.29, 0.717) is 12.3 Å². The third-order valence-electron chi connectivity index (χ3n) is 5.25. The molecule has 0 unspecified atom stereocenters. The Hall–Kier alpha value is -0.610. The van der Waals surface area contributed by atoms with Crippen LogP contribution in [0.3, 0.4) is 0 Å². The minimum Gasteiger partial charge on any atom is -0.379 e. The van der Waals surface area contributed by atoms with Crippen molar-refractivity contribution in [1.82, 2.24) is 20.4 Å². The van der Waals surface area contributed by atoms with Crippen molar-refractivity contribution >= 4 is 35.8 Å². The number of carbonyl (C=O) groups excluding carboxylic acids is 1. The molecule has 2 rings (SSSR count). The Morgan fingerprint density at radius 1 is 1.15 bits per heavy atom. The van der Waals surface area contributed by atoms with Crippen molar-refractivity contribution in [1.29, 1.82) is 0 Å². The number of aliphatic imine (C=N–C) groups is 1. The highest BCUT2D eigenvalue weighted by atomic mass is 127. The second-order valence-corrected chi connectivity index (χ2v) is 7.20. The van der Waals surface area contributed by atoms with Crippen LogP contribution in [0.2, 0.25) is 0 Å². The van der Waals surface area contributed by atoms with E-state index in [4.69, 9.17) is 9.73 Å². The zero-order valence-corrected chi connectivity index (χ0v) is 19.4. The molecule has 0 spiro atoms. The number of nitrogens with one attached hydrogen (secondary N) is 2. The predicted octanol–water partition coefficient (Wildman–Crippen LogP) is 1.53. The van der Waals surface area contributed by atoms with Gasteiger partial charge in [-0.1, -0.05) is 0 Å². The zero-order valence-electron chi connectivity index (χ0n) is 17.0. The number of amides is 1. The van der Waals surface area contributed by atoms with Crippen molar-refractivity contribution in [3.8, 4) is 0 Å². The van der Waals surface area contributed by atoms with E-state index in [-0.39, 0.29) is 29.9 Å². The summed E-state index contributed by atoms with van der Waals surface area (Å²) >= 11 is 0. The second kappa shape index (κ2) is 14.4. The molecule has 2 fully saturated rings. The van der Waals surface area contributed by atoms with Crippen LogP contribution in [0.1, 0.15) is 39.0 Å². The molecule has 0 saturated carbocycles. The van der Waals surface area contributed by atoms with Crippen molar-refractivity contribution in [2.45, 2.75) is 39.0 Å². The highest BCUT2D eigenvalue weighted by Crippen LogP contribution is 2.20. The van der Waals surface area contributed by atoms with Gasteiger partial charge in [0.25, 0.3) is 0 Å². The van der Waals surface area contributed by atoms with Crippen LogP contribution in [0.5, 0.6) is 0 Å². The van der Waals surface area contributed by atoms with Crippen LogP contribution >= 0.6 is 24.0 Å². The Bertz CT molecular complexity index is 436. The molecule has 2 N–H and O–H groups in total. The van der Waals surface area contributed by atoms with E-state index in [1.54, 1.807) is 7.05 Å². The van der Waals surface area contributed by atoms with Gasteiger partial charge >= 0.3 is 0 Å². The molecule has 0 aromatic rings. The topological polar surface area (TPSA) is 69.2 Å². The molecule has 0 bridgehead atoms. The molecule has 158 valence electrons. The third-order valence-corrected chi connectivity index (χ3v) is 5.25. The molecule has 2 saturated heterocycles. The van der Waals surface area contributed by atoms with Crippen molar-refractivity contribution in [3.05, 3.63) is 0 Å². The van der Waals surface area contributed by atoms with Crippen LogP contribution in [-0.2, 0) is 9.53 Å². The monoisotopic (exact) mass is 495 g/mol. The summed E-state index contributed by atoms with van der Waals surface area (Å²) in [5.41, 5.74) is 0. The largest absolute Gasteiger partial charge is 0.379 e. The first-order valence-corrected chi connectivity index (χ1v) is 10.3. The fourth-order valence-electron chi connectivity index (χ4n) is 3.60. The van der Waals surface area contributed by atoms with Gasteiger partial charge in [0, 0.05) is 52.7 Å². The Balaban J connectivity index is 0.00000364. The highest BCUT2D eigenvalue weighted by Gasteiger charge is 2.23. The zero-order chi connectivity index (χ0) is 18.6.